The van der Waals surface area contributed by atoms with Crippen LogP contribution in [0.15, 0.2) is 24.4 Å². The third-order valence-electron chi connectivity index (χ3n) is 2.28. The van der Waals surface area contributed by atoms with Gasteiger partial charge in [-0.1, -0.05) is 0 Å². The molecule has 2 rings (SSSR count). The lowest BCUT2D eigenvalue weighted by molar-refractivity contribution is -0.384. The van der Waals surface area contributed by atoms with E-state index in [0.717, 1.165) is 6.20 Å². The van der Waals surface area contributed by atoms with Crippen molar-refractivity contribution in [1.29, 1.82) is 0 Å². The van der Waals surface area contributed by atoms with Gasteiger partial charge >= 0.3 is 5.69 Å². The van der Waals surface area contributed by atoms with Crippen LogP contribution in [0.2, 0.25) is 0 Å². The smallest absolute Gasteiger partial charge is 0.310 e. The number of anilines is 1. The maximum atomic E-state index is 10.6. The van der Waals surface area contributed by atoms with E-state index in [4.69, 9.17) is 5.73 Å². The second kappa shape index (κ2) is 3.67. The van der Waals surface area contributed by atoms with Crippen molar-refractivity contribution < 1.29 is 9.85 Å². The van der Waals surface area contributed by atoms with E-state index in [1.807, 2.05) is 0 Å². The van der Waals surface area contributed by atoms with Gasteiger partial charge in [0, 0.05) is 17.5 Å². The fraction of sp³-hybridized carbons (Fsp3) is 0. The molecule has 0 aliphatic rings. The van der Waals surface area contributed by atoms with E-state index in [1.54, 1.807) is 0 Å². The predicted molar refractivity (Wildman–Crippen MR) is 59.5 cm³/mol. The van der Waals surface area contributed by atoms with Crippen molar-refractivity contribution in [2.24, 2.45) is 0 Å². The average molecular weight is 234 g/mol. The minimum Gasteiger partial charge on any atom is -0.393 e. The van der Waals surface area contributed by atoms with Crippen molar-refractivity contribution in [2.45, 2.75) is 0 Å². The number of nitrogens with two attached hydrogens (primary N) is 1. The maximum Gasteiger partial charge on any atom is 0.310 e. The Labute approximate surface area is 94.0 Å². The summed E-state index contributed by atoms with van der Waals surface area (Å²) in [5.41, 5.74) is 5.29. The summed E-state index contributed by atoms with van der Waals surface area (Å²) in [5.74, 6) is 0. The summed E-state index contributed by atoms with van der Waals surface area (Å²) in [7, 11) is 0. The van der Waals surface area contributed by atoms with Gasteiger partial charge in [0.05, 0.1) is 15.4 Å². The highest BCUT2D eigenvalue weighted by Gasteiger charge is 2.17. The van der Waals surface area contributed by atoms with Crippen LogP contribution in [0.3, 0.4) is 0 Å². The molecular formula is C9H6N4O4. The summed E-state index contributed by atoms with van der Waals surface area (Å²) < 4.78 is 0. The molecule has 0 saturated carbocycles. The van der Waals surface area contributed by atoms with Gasteiger partial charge in [-0.3, -0.25) is 20.2 Å². The van der Waals surface area contributed by atoms with Crippen molar-refractivity contribution in [1.82, 2.24) is 4.98 Å². The summed E-state index contributed by atoms with van der Waals surface area (Å²) in [6, 6.07) is 3.83. The molecule has 0 fully saturated rings. The summed E-state index contributed by atoms with van der Waals surface area (Å²) in [6.07, 6.45) is 1.03. The predicted octanol–water partition coefficient (Wildman–Crippen LogP) is 1.63. The van der Waals surface area contributed by atoms with Crippen LogP contribution >= 0.6 is 0 Å². The molecule has 1 aromatic carbocycles. The standard InChI is InChI=1S/C9H6N4O4/c10-9-6-3-5(12(14)15)1-2-7(6)11-4-8(9)13(16)17/h1-4H,(H2,10,11). The highest BCUT2D eigenvalue weighted by Crippen LogP contribution is 2.30. The van der Waals surface area contributed by atoms with Gasteiger partial charge in [0.25, 0.3) is 5.69 Å². The van der Waals surface area contributed by atoms with E-state index >= 15 is 0 Å². The van der Waals surface area contributed by atoms with Crippen LogP contribution in [0.5, 0.6) is 0 Å². The molecule has 0 unspecified atom stereocenters. The maximum absolute atomic E-state index is 10.6. The molecule has 0 aliphatic heterocycles. The highest BCUT2D eigenvalue weighted by molar-refractivity contribution is 5.95. The number of nitro benzene ring substituents is 1. The van der Waals surface area contributed by atoms with E-state index in [0.29, 0.717) is 5.52 Å². The van der Waals surface area contributed by atoms with Gasteiger partial charge in [0.2, 0.25) is 0 Å². The number of rotatable bonds is 2. The first kappa shape index (κ1) is 10.7. The molecule has 2 N–H and O–H groups in total. The molecule has 1 heterocycles. The third kappa shape index (κ3) is 1.71. The molecule has 0 amide bonds. The monoisotopic (exact) mass is 234 g/mol. The number of fused-ring (bicyclic) bond motifs is 1. The number of pyridine rings is 1. The molecule has 0 aliphatic carbocycles. The van der Waals surface area contributed by atoms with Gasteiger partial charge < -0.3 is 5.73 Å². The van der Waals surface area contributed by atoms with Gasteiger partial charge in [0.15, 0.2) is 0 Å². The topological polar surface area (TPSA) is 125 Å². The number of non-ortho nitro benzene ring substituents is 1. The SMILES string of the molecule is Nc1c([N+](=O)[O-])cnc2ccc([N+](=O)[O-])cc12. The first-order valence-electron chi connectivity index (χ1n) is 4.47. The van der Waals surface area contributed by atoms with Crippen molar-refractivity contribution >= 4 is 28.0 Å². The minimum absolute atomic E-state index is 0.122. The lowest BCUT2D eigenvalue weighted by atomic mass is 10.1. The Morgan fingerprint density at radius 3 is 2.47 bits per heavy atom. The number of benzene rings is 1. The van der Waals surface area contributed by atoms with Crippen LogP contribution in [0.4, 0.5) is 17.1 Å². The summed E-state index contributed by atoms with van der Waals surface area (Å²) >= 11 is 0. The highest BCUT2D eigenvalue weighted by atomic mass is 16.6. The molecule has 1 aromatic heterocycles. The van der Waals surface area contributed by atoms with Gasteiger partial charge in [-0.2, -0.15) is 0 Å². The quantitative estimate of drug-likeness (QED) is 0.621. The van der Waals surface area contributed by atoms with E-state index < -0.39 is 9.85 Å². The lowest BCUT2D eigenvalue weighted by Gasteiger charge is -2.01. The zero-order chi connectivity index (χ0) is 12.6. The van der Waals surface area contributed by atoms with Crippen molar-refractivity contribution in [3.63, 3.8) is 0 Å². The second-order valence-electron chi connectivity index (χ2n) is 3.27. The first-order valence-corrected chi connectivity index (χ1v) is 4.47. The Balaban J connectivity index is 2.78. The van der Waals surface area contributed by atoms with Crippen LogP contribution in [0, 0.1) is 20.2 Å². The van der Waals surface area contributed by atoms with Crippen LogP contribution in [0.1, 0.15) is 0 Å². The zero-order valence-corrected chi connectivity index (χ0v) is 8.36. The molecular weight excluding hydrogens is 228 g/mol. The lowest BCUT2D eigenvalue weighted by Crippen LogP contribution is -1.98. The number of aromatic nitrogens is 1. The Morgan fingerprint density at radius 2 is 1.88 bits per heavy atom. The van der Waals surface area contributed by atoms with E-state index in [-0.39, 0.29) is 22.4 Å². The molecule has 17 heavy (non-hydrogen) atoms. The number of hydrogen-bond acceptors (Lipinski definition) is 6. The van der Waals surface area contributed by atoms with Crippen LogP contribution in [-0.2, 0) is 0 Å². The fourth-order valence-electron chi connectivity index (χ4n) is 1.45. The normalized spacial score (nSPS) is 10.4. The van der Waals surface area contributed by atoms with Gasteiger partial charge in [-0.25, -0.2) is 4.98 Å². The largest absolute Gasteiger partial charge is 0.393 e. The van der Waals surface area contributed by atoms with Gasteiger partial charge in [-0.15, -0.1) is 0 Å². The van der Waals surface area contributed by atoms with Crippen molar-refractivity contribution in [3.8, 4) is 0 Å². The molecule has 0 saturated heterocycles. The summed E-state index contributed by atoms with van der Waals surface area (Å²) in [5, 5.41) is 21.4. The first-order chi connectivity index (χ1) is 8.00. The molecule has 8 nitrogen and oxygen atoms in total. The van der Waals surface area contributed by atoms with Gasteiger partial charge in [-0.05, 0) is 6.07 Å². The average Bonchev–Trinajstić information content (AvgIpc) is 2.28. The van der Waals surface area contributed by atoms with Crippen LogP contribution in [0.25, 0.3) is 10.9 Å². The molecule has 0 bridgehead atoms. The number of hydrogen-bond donors (Lipinski definition) is 1. The third-order valence-corrected chi connectivity index (χ3v) is 2.28. The van der Waals surface area contributed by atoms with E-state index in [9.17, 15) is 20.2 Å². The molecule has 0 radical (unpaired) electrons. The Bertz CT molecular complexity index is 635. The van der Waals surface area contributed by atoms with E-state index in [2.05, 4.69) is 4.98 Å². The number of nitro groups is 2. The Hall–Kier alpha value is -2.77. The van der Waals surface area contributed by atoms with Crippen molar-refractivity contribution in [3.05, 3.63) is 44.6 Å². The number of nitrogens with zero attached hydrogens (tertiary/aromatic N) is 3. The minimum atomic E-state index is -0.680. The van der Waals surface area contributed by atoms with Crippen molar-refractivity contribution in [2.75, 3.05) is 5.73 Å². The zero-order valence-electron chi connectivity index (χ0n) is 8.36. The molecule has 2 aromatic rings. The Morgan fingerprint density at radius 1 is 1.18 bits per heavy atom. The molecule has 8 heteroatoms. The second-order valence-corrected chi connectivity index (χ2v) is 3.27. The fourth-order valence-corrected chi connectivity index (χ4v) is 1.45. The van der Waals surface area contributed by atoms with E-state index in [1.165, 1.54) is 18.2 Å². The molecule has 0 spiro atoms. The summed E-state index contributed by atoms with van der Waals surface area (Å²) in [6.45, 7) is 0. The number of nitrogen functional groups attached to an aromatic ring is 1. The Kier molecular flexibility index (Phi) is 2.32. The van der Waals surface area contributed by atoms with Crippen LogP contribution < -0.4 is 5.73 Å². The molecule has 0 atom stereocenters. The summed E-state index contributed by atoms with van der Waals surface area (Å²) in [4.78, 5) is 23.8. The van der Waals surface area contributed by atoms with Gasteiger partial charge in [0.1, 0.15) is 11.9 Å². The van der Waals surface area contributed by atoms with Crippen LogP contribution in [-0.4, -0.2) is 14.8 Å². The molecule has 86 valence electrons.